The molecule has 0 radical (unpaired) electrons. The van der Waals surface area contributed by atoms with Gasteiger partial charge in [-0.3, -0.25) is 5.32 Å². The Morgan fingerprint density at radius 1 is 1.32 bits per heavy atom. The summed E-state index contributed by atoms with van der Waals surface area (Å²) in [4.78, 5) is 10.5. The molecule has 0 saturated heterocycles. The van der Waals surface area contributed by atoms with Crippen LogP contribution in [0.2, 0.25) is 0 Å². The summed E-state index contributed by atoms with van der Waals surface area (Å²) in [6, 6.07) is 3.32. The summed E-state index contributed by atoms with van der Waals surface area (Å²) >= 11 is 0. The number of anilines is 1. The second-order valence-electron chi connectivity index (χ2n) is 4.78. The molecule has 0 heterocycles. The quantitative estimate of drug-likeness (QED) is 0.794. The molecule has 7 heteroatoms. The summed E-state index contributed by atoms with van der Waals surface area (Å²) in [5.74, 6) is 0. The van der Waals surface area contributed by atoms with Crippen LogP contribution >= 0.6 is 0 Å². The van der Waals surface area contributed by atoms with Gasteiger partial charge in [-0.1, -0.05) is 19.9 Å². The van der Waals surface area contributed by atoms with Crippen molar-refractivity contribution in [1.29, 1.82) is 0 Å². The molecule has 1 rings (SSSR count). The largest absolute Gasteiger partial charge is 0.465 e. The zero-order valence-corrected chi connectivity index (χ0v) is 10.5. The molecule has 0 aliphatic heterocycles. The number of nitrogens with two attached hydrogens (primary N) is 1. The lowest BCUT2D eigenvalue weighted by molar-refractivity contribution is -0.138. The molecule has 0 unspecified atom stereocenters. The fourth-order valence-electron chi connectivity index (χ4n) is 1.68. The van der Waals surface area contributed by atoms with Gasteiger partial charge >= 0.3 is 12.3 Å². The minimum absolute atomic E-state index is 0.0402. The number of hydrogen-bond donors (Lipinski definition) is 3. The Balaban J connectivity index is 3.37. The van der Waals surface area contributed by atoms with Crippen LogP contribution in [0.4, 0.5) is 23.7 Å². The van der Waals surface area contributed by atoms with Gasteiger partial charge in [0.1, 0.15) is 0 Å². The maximum atomic E-state index is 13.0. The molecule has 1 amide bonds. The van der Waals surface area contributed by atoms with E-state index in [-0.39, 0.29) is 17.8 Å². The summed E-state index contributed by atoms with van der Waals surface area (Å²) in [7, 11) is 0. The third kappa shape index (κ3) is 3.60. The highest BCUT2D eigenvalue weighted by Gasteiger charge is 2.37. The van der Waals surface area contributed by atoms with E-state index in [2.05, 4.69) is 0 Å². The van der Waals surface area contributed by atoms with Gasteiger partial charge in [0, 0.05) is 17.6 Å². The number of carboxylic acid groups (broad SMARTS) is 1. The Labute approximate surface area is 108 Å². The molecular weight excluding hydrogens is 261 g/mol. The Hall–Kier alpha value is -1.76. The van der Waals surface area contributed by atoms with E-state index in [0.29, 0.717) is 0 Å². The first-order valence-corrected chi connectivity index (χ1v) is 5.49. The molecule has 1 aromatic rings. The number of hydrogen-bond acceptors (Lipinski definition) is 2. The van der Waals surface area contributed by atoms with Gasteiger partial charge in [0.15, 0.2) is 0 Å². The van der Waals surface area contributed by atoms with Crippen LogP contribution in [-0.2, 0) is 11.6 Å². The monoisotopic (exact) mass is 276 g/mol. The van der Waals surface area contributed by atoms with Gasteiger partial charge in [-0.15, -0.1) is 0 Å². The van der Waals surface area contributed by atoms with Crippen LogP contribution in [0.1, 0.15) is 25.0 Å². The topological polar surface area (TPSA) is 75.3 Å². The van der Waals surface area contributed by atoms with Crippen molar-refractivity contribution in [3.8, 4) is 0 Å². The van der Waals surface area contributed by atoms with E-state index < -0.39 is 23.2 Å². The maximum Gasteiger partial charge on any atom is 0.416 e. The Morgan fingerprint density at radius 2 is 1.89 bits per heavy atom. The normalized spacial score (nSPS) is 12.3. The number of benzene rings is 1. The average Bonchev–Trinajstić information content (AvgIpc) is 2.26. The van der Waals surface area contributed by atoms with Gasteiger partial charge in [0.05, 0.1) is 5.56 Å². The van der Waals surface area contributed by atoms with Gasteiger partial charge in [0.25, 0.3) is 0 Å². The lowest BCUT2D eigenvalue weighted by Crippen LogP contribution is -2.31. The van der Waals surface area contributed by atoms with Crippen LogP contribution in [0.5, 0.6) is 0 Å². The predicted molar refractivity (Wildman–Crippen MR) is 65.2 cm³/mol. The van der Waals surface area contributed by atoms with Crippen molar-refractivity contribution in [3.05, 3.63) is 29.3 Å². The van der Waals surface area contributed by atoms with Gasteiger partial charge in [0.2, 0.25) is 0 Å². The van der Waals surface area contributed by atoms with Gasteiger partial charge in [-0.25, -0.2) is 4.79 Å². The molecular formula is C12H15F3N2O2. The molecule has 1 aromatic carbocycles. The number of nitrogens with one attached hydrogen (secondary N) is 1. The van der Waals surface area contributed by atoms with Gasteiger partial charge in [-0.05, 0) is 17.7 Å². The van der Waals surface area contributed by atoms with Crippen LogP contribution in [0, 0.1) is 0 Å². The predicted octanol–water partition coefficient (Wildman–Crippen LogP) is 3.03. The van der Waals surface area contributed by atoms with Crippen molar-refractivity contribution in [1.82, 2.24) is 0 Å². The lowest BCUT2D eigenvalue weighted by atomic mass is 9.81. The number of rotatable bonds is 3. The molecule has 0 fully saturated rings. The molecule has 0 aromatic heterocycles. The van der Waals surface area contributed by atoms with Crippen molar-refractivity contribution < 1.29 is 23.1 Å². The fourth-order valence-corrected chi connectivity index (χ4v) is 1.68. The Morgan fingerprint density at radius 3 is 2.32 bits per heavy atom. The van der Waals surface area contributed by atoms with E-state index >= 15 is 0 Å². The summed E-state index contributed by atoms with van der Waals surface area (Å²) in [5.41, 5.74) is 3.67. The first-order chi connectivity index (χ1) is 8.58. The van der Waals surface area contributed by atoms with Crippen LogP contribution in [0.25, 0.3) is 0 Å². The van der Waals surface area contributed by atoms with E-state index in [9.17, 15) is 18.0 Å². The first-order valence-electron chi connectivity index (χ1n) is 5.49. The molecule has 4 nitrogen and oxygen atoms in total. The van der Waals surface area contributed by atoms with Crippen molar-refractivity contribution in [2.45, 2.75) is 25.4 Å². The smallest absolute Gasteiger partial charge is 0.416 e. The highest BCUT2D eigenvalue weighted by atomic mass is 19.4. The molecule has 0 aliphatic carbocycles. The second-order valence-corrected chi connectivity index (χ2v) is 4.78. The zero-order valence-electron chi connectivity index (χ0n) is 10.5. The summed E-state index contributed by atoms with van der Waals surface area (Å²) in [6.07, 6.45) is -5.99. The molecule has 0 atom stereocenters. The molecule has 19 heavy (non-hydrogen) atoms. The number of amides is 1. The molecule has 106 valence electrons. The van der Waals surface area contributed by atoms with Crippen molar-refractivity contribution in [2.24, 2.45) is 5.73 Å². The molecule has 0 aliphatic rings. The summed E-state index contributed by atoms with van der Waals surface area (Å²) in [5, 5.41) is 10.4. The van der Waals surface area contributed by atoms with Crippen LogP contribution in [-0.4, -0.2) is 17.7 Å². The average molecular weight is 276 g/mol. The highest BCUT2D eigenvalue weighted by Crippen LogP contribution is 2.38. The summed E-state index contributed by atoms with van der Waals surface area (Å²) in [6.45, 7) is 3.24. The van der Waals surface area contributed by atoms with E-state index in [1.54, 1.807) is 13.8 Å². The minimum Gasteiger partial charge on any atom is -0.465 e. The van der Waals surface area contributed by atoms with Crippen LogP contribution in [0.15, 0.2) is 18.2 Å². The standard InChI is InChI=1S/C12H15F3N2O2/c1-11(2,6-16)8-4-3-7(17-10(18)19)5-9(8)12(13,14)15/h3-5,17H,6,16H2,1-2H3,(H,18,19). The lowest BCUT2D eigenvalue weighted by Gasteiger charge is -2.27. The molecule has 4 N–H and O–H groups in total. The van der Waals surface area contributed by atoms with Crippen molar-refractivity contribution >= 4 is 11.8 Å². The second kappa shape index (κ2) is 5.08. The fraction of sp³-hybridized carbons (Fsp3) is 0.417. The Bertz CT molecular complexity index is 484. The van der Waals surface area contributed by atoms with Crippen molar-refractivity contribution in [2.75, 3.05) is 11.9 Å². The van der Waals surface area contributed by atoms with Crippen LogP contribution in [0.3, 0.4) is 0 Å². The number of halogens is 3. The van der Waals surface area contributed by atoms with E-state index in [4.69, 9.17) is 10.8 Å². The molecule has 0 saturated carbocycles. The molecule has 0 bridgehead atoms. The minimum atomic E-state index is -4.57. The molecule has 0 spiro atoms. The maximum absolute atomic E-state index is 13.0. The zero-order chi connectivity index (χ0) is 14.8. The first kappa shape index (κ1) is 15.3. The Kier molecular flexibility index (Phi) is 4.09. The SMILES string of the molecule is CC(C)(CN)c1ccc(NC(=O)O)cc1C(F)(F)F. The van der Waals surface area contributed by atoms with E-state index in [1.807, 2.05) is 5.32 Å². The third-order valence-electron chi connectivity index (χ3n) is 2.82. The van der Waals surface area contributed by atoms with Crippen molar-refractivity contribution in [3.63, 3.8) is 0 Å². The number of carbonyl (C=O) groups is 1. The van der Waals surface area contributed by atoms with Crippen LogP contribution < -0.4 is 11.1 Å². The van der Waals surface area contributed by atoms with E-state index in [1.165, 1.54) is 12.1 Å². The summed E-state index contributed by atoms with van der Waals surface area (Å²) < 4.78 is 39.0. The van der Waals surface area contributed by atoms with E-state index in [0.717, 1.165) is 6.07 Å². The third-order valence-corrected chi connectivity index (χ3v) is 2.82. The highest BCUT2D eigenvalue weighted by molar-refractivity contribution is 5.83. The van der Waals surface area contributed by atoms with Gasteiger partial charge < -0.3 is 10.8 Å². The van der Waals surface area contributed by atoms with Gasteiger partial charge in [-0.2, -0.15) is 13.2 Å². The number of alkyl halides is 3.